The molecule has 0 aromatic carbocycles. The zero-order valence-electron chi connectivity index (χ0n) is 9.59. The summed E-state index contributed by atoms with van der Waals surface area (Å²) < 4.78 is 5.04. The molecule has 1 atom stereocenters. The van der Waals surface area contributed by atoms with Crippen molar-refractivity contribution in [3.8, 4) is 0 Å². The third-order valence-corrected chi connectivity index (χ3v) is 2.86. The summed E-state index contributed by atoms with van der Waals surface area (Å²) in [6.07, 6.45) is 3.88. The lowest BCUT2D eigenvalue weighted by atomic mass is 9.99. The van der Waals surface area contributed by atoms with Crippen LogP contribution >= 0.6 is 0 Å². The molecule has 1 saturated heterocycles. The van der Waals surface area contributed by atoms with Crippen LogP contribution in [0.5, 0.6) is 0 Å². The topological polar surface area (TPSA) is 24.5 Å². The normalized spacial score (nSPS) is 22.9. The molecule has 0 aromatic rings. The van der Waals surface area contributed by atoms with Gasteiger partial charge in [0.1, 0.15) is 0 Å². The van der Waals surface area contributed by atoms with E-state index in [-0.39, 0.29) is 0 Å². The first-order chi connectivity index (χ1) is 6.83. The van der Waals surface area contributed by atoms with Crippen LogP contribution in [0.3, 0.4) is 0 Å². The third kappa shape index (κ3) is 4.94. The van der Waals surface area contributed by atoms with Crippen LogP contribution in [0.4, 0.5) is 0 Å². The molecule has 1 unspecified atom stereocenters. The lowest BCUT2D eigenvalue weighted by molar-refractivity contribution is 0.170. The molecule has 1 N–H and O–H groups in total. The highest BCUT2D eigenvalue weighted by Crippen LogP contribution is 2.10. The number of rotatable bonds is 6. The Balaban J connectivity index is 2.03. The molecule has 0 radical (unpaired) electrons. The number of methoxy groups -OCH3 is 1. The lowest BCUT2D eigenvalue weighted by Gasteiger charge is -2.27. The van der Waals surface area contributed by atoms with Gasteiger partial charge in [-0.25, -0.2) is 0 Å². The Morgan fingerprint density at radius 2 is 2.36 bits per heavy atom. The van der Waals surface area contributed by atoms with Crippen LogP contribution in [0, 0.1) is 5.92 Å². The van der Waals surface area contributed by atoms with Gasteiger partial charge in [-0.1, -0.05) is 0 Å². The van der Waals surface area contributed by atoms with Gasteiger partial charge in [-0.15, -0.1) is 0 Å². The van der Waals surface area contributed by atoms with Gasteiger partial charge in [0.15, 0.2) is 0 Å². The minimum absolute atomic E-state index is 0.858. The molecule has 0 saturated carbocycles. The van der Waals surface area contributed by atoms with Gasteiger partial charge in [0.25, 0.3) is 0 Å². The van der Waals surface area contributed by atoms with Gasteiger partial charge in [0.2, 0.25) is 0 Å². The SMILES string of the molecule is COCCCN(C)CC1CCCNC1. The van der Waals surface area contributed by atoms with E-state index >= 15 is 0 Å². The first-order valence-electron chi connectivity index (χ1n) is 5.71. The first-order valence-corrected chi connectivity index (χ1v) is 5.71. The lowest BCUT2D eigenvalue weighted by Crippen LogP contribution is -2.37. The molecule has 1 rings (SSSR count). The molecular formula is C11H24N2O. The molecule has 0 aliphatic carbocycles. The molecule has 14 heavy (non-hydrogen) atoms. The van der Waals surface area contributed by atoms with E-state index in [1.807, 2.05) is 0 Å². The highest BCUT2D eigenvalue weighted by molar-refractivity contribution is 4.71. The number of hydrogen-bond acceptors (Lipinski definition) is 3. The summed E-state index contributed by atoms with van der Waals surface area (Å²) in [6.45, 7) is 5.69. The summed E-state index contributed by atoms with van der Waals surface area (Å²) in [5.41, 5.74) is 0. The standard InChI is InChI=1S/C11H24N2O/c1-13(7-4-8-14-2)10-11-5-3-6-12-9-11/h11-12H,3-10H2,1-2H3. The highest BCUT2D eigenvalue weighted by Gasteiger charge is 2.14. The Kier molecular flexibility index (Phi) is 6.15. The van der Waals surface area contributed by atoms with Crippen molar-refractivity contribution in [2.24, 2.45) is 5.92 Å². The van der Waals surface area contributed by atoms with E-state index in [1.54, 1.807) is 7.11 Å². The maximum absolute atomic E-state index is 5.04. The van der Waals surface area contributed by atoms with Crippen molar-refractivity contribution in [1.82, 2.24) is 10.2 Å². The molecule has 0 aromatic heterocycles. The molecular weight excluding hydrogens is 176 g/mol. The second-order valence-electron chi connectivity index (χ2n) is 4.32. The Bertz CT molecular complexity index is 135. The van der Waals surface area contributed by atoms with Gasteiger partial charge >= 0.3 is 0 Å². The second-order valence-corrected chi connectivity index (χ2v) is 4.32. The van der Waals surface area contributed by atoms with Gasteiger partial charge in [-0.3, -0.25) is 0 Å². The molecule has 1 aliphatic rings. The van der Waals surface area contributed by atoms with Gasteiger partial charge in [-0.05, 0) is 45.3 Å². The minimum Gasteiger partial charge on any atom is -0.385 e. The largest absolute Gasteiger partial charge is 0.385 e. The van der Waals surface area contributed by atoms with Crippen molar-refractivity contribution in [2.45, 2.75) is 19.3 Å². The fourth-order valence-electron chi connectivity index (χ4n) is 2.09. The summed E-state index contributed by atoms with van der Waals surface area (Å²) >= 11 is 0. The van der Waals surface area contributed by atoms with Crippen LogP contribution < -0.4 is 5.32 Å². The molecule has 3 nitrogen and oxygen atoms in total. The average molecular weight is 200 g/mol. The number of hydrogen-bond donors (Lipinski definition) is 1. The summed E-state index contributed by atoms with van der Waals surface area (Å²) in [5.74, 6) is 0.858. The van der Waals surface area contributed by atoms with Crippen LogP contribution in [-0.4, -0.2) is 51.8 Å². The van der Waals surface area contributed by atoms with Gasteiger partial charge in [0, 0.05) is 26.8 Å². The zero-order valence-corrected chi connectivity index (χ0v) is 9.59. The van der Waals surface area contributed by atoms with E-state index < -0.39 is 0 Å². The molecule has 1 fully saturated rings. The van der Waals surface area contributed by atoms with Crippen LogP contribution in [0.25, 0.3) is 0 Å². The van der Waals surface area contributed by atoms with Crippen molar-refractivity contribution in [3.05, 3.63) is 0 Å². The van der Waals surface area contributed by atoms with E-state index in [1.165, 1.54) is 32.5 Å². The van der Waals surface area contributed by atoms with Gasteiger partial charge < -0.3 is 15.0 Å². The van der Waals surface area contributed by atoms with Crippen molar-refractivity contribution < 1.29 is 4.74 Å². The Hall–Kier alpha value is -0.120. The predicted octanol–water partition coefficient (Wildman–Crippen LogP) is 0.954. The van der Waals surface area contributed by atoms with Gasteiger partial charge in [0.05, 0.1) is 0 Å². The number of piperidine rings is 1. The Morgan fingerprint density at radius 3 is 3.00 bits per heavy atom. The highest BCUT2D eigenvalue weighted by atomic mass is 16.5. The van der Waals surface area contributed by atoms with Crippen molar-refractivity contribution in [3.63, 3.8) is 0 Å². The maximum Gasteiger partial charge on any atom is 0.0474 e. The minimum atomic E-state index is 0.858. The summed E-state index contributed by atoms with van der Waals surface area (Å²) in [4.78, 5) is 2.43. The van der Waals surface area contributed by atoms with Crippen LogP contribution in [0.15, 0.2) is 0 Å². The smallest absolute Gasteiger partial charge is 0.0474 e. The van der Waals surface area contributed by atoms with Crippen molar-refractivity contribution in [1.29, 1.82) is 0 Å². The molecule has 0 amide bonds. The second kappa shape index (κ2) is 7.21. The zero-order chi connectivity index (χ0) is 10.2. The van der Waals surface area contributed by atoms with E-state index in [2.05, 4.69) is 17.3 Å². The summed E-state index contributed by atoms with van der Waals surface area (Å²) in [5, 5.41) is 3.46. The fourth-order valence-corrected chi connectivity index (χ4v) is 2.09. The molecule has 1 aliphatic heterocycles. The van der Waals surface area contributed by atoms with E-state index in [0.29, 0.717) is 0 Å². The average Bonchev–Trinajstić information content (AvgIpc) is 2.20. The van der Waals surface area contributed by atoms with Crippen LogP contribution in [0.2, 0.25) is 0 Å². The third-order valence-electron chi connectivity index (χ3n) is 2.86. The molecule has 0 spiro atoms. The molecule has 84 valence electrons. The summed E-state index contributed by atoms with van der Waals surface area (Å²) in [7, 11) is 3.98. The number of ether oxygens (including phenoxy) is 1. The number of nitrogens with zero attached hydrogens (tertiary/aromatic N) is 1. The van der Waals surface area contributed by atoms with Crippen LogP contribution in [-0.2, 0) is 4.74 Å². The van der Waals surface area contributed by atoms with Gasteiger partial charge in [-0.2, -0.15) is 0 Å². The maximum atomic E-state index is 5.04. The van der Waals surface area contributed by atoms with Crippen LogP contribution in [0.1, 0.15) is 19.3 Å². The first kappa shape index (κ1) is 12.0. The Labute approximate surface area is 87.8 Å². The van der Waals surface area contributed by atoms with Crippen molar-refractivity contribution >= 4 is 0 Å². The Morgan fingerprint density at radius 1 is 1.50 bits per heavy atom. The predicted molar refractivity (Wildman–Crippen MR) is 59.6 cm³/mol. The quantitative estimate of drug-likeness (QED) is 0.646. The van der Waals surface area contributed by atoms with Crippen molar-refractivity contribution in [2.75, 3.05) is 46.9 Å². The fraction of sp³-hybridized carbons (Fsp3) is 1.00. The molecule has 0 bridgehead atoms. The molecule has 3 heteroatoms. The van der Waals surface area contributed by atoms with E-state index in [0.717, 1.165) is 25.5 Å². The van der Waals surface area contributed by atoms with E-state index in [9.17, 15) is 0 Å². The number of nitrogens with one attached hydrogen (secondary N) is 1. The monoisotopic (exact) mass is 200 g/mol. The van der Waals surface area contributed by atoms with E-state index in [4.69, 9.17) is 4.74 Å². The molecule has 1 heterocycles. The summed E-state index contributed by atoms with van der Waals surface area (Å²) in [6, 6.07) is 0.